The van der Waals surface area contributed by atoms with Gasteiger partial charge in [-0.05, 0) is 55.7 Å². The van der Waals surface area contributed by atoms with Crippen LogP contribution in [0.2, 0.25) is 5.02 Å². The molecule has 5 rings (SSSR count). The van der Waals surface area contributed by atoms with E-state index in [1.54, 1.807) is 13.2 Å². The molecule has 1 atom stereocenters. The van der Waals surface area contributed by atoms with E-state index in [2.05, 4.69) is 5.10 Å². The maximum Gasteiger partial charge on any atom is 0.280 e. The lowest BCUT2D eigenvalue weighted by Gasteiger charge is -2.40. The quantitative estimate of drug-likeness (QED) is 0.682. The lowest BCUT2D eigenvalue weighted by Crippen LogP contribution is -2.56. The zero-order valence-electron chi connectivity index (χ0n) is 19.4. The normalized spacial score (nSPS) is 20.2. The Hall–Kier alpha value is -2.18. The molecule has 1 saturated heterocycles. The van der Waals surface area contributed by atoms with E-state index < -0.39 is 0 Å². The molecule has 32 heavy (non-hydrogen) atoms. The minimum atomic E-state index is -0.177. The smallest absolute Gasteiger partial charge is 0.280 e. The first-order valence-corrected chi connectivity index (χ1v) is 12.1. The van der Waals surface area contributed by atoms with Gasteiger partial charge in [0, 0.05) is 32.5 Å². The number of methoxy groups -OCH3 is 1. The third-order valence-corrected chi connectivity index (χ3v) is 7.10. The van der Waals surface area contributed by atoms with Crippen molar-refractivity contribution in [2.24, 2.45) is 5.92 Å². The van der Waals surface area contributed by atoms with Crippen molar-refractivity contribution in [2.45, 2.75) is 64.9 Å². The molecule has 1 amide bonds. The van der Waals surface area contributed by atoms with Crippen molar-refractivity contribution in [3.63, 3.8) is 0 Å². The average molecular weight is 458 g/mol. The Morgan fingerprint density at radius 1 is 1.16 bits per heavy atom. The molecule has 0 radical (unpaired) electrons. The molecule has 1 unspecified atom stereocenters. The molecule has 6 nitrogen and oxygen atoms in total. The van der Waals surface area contributed by atoms with Crippen LogP contribution in [-0.2, 0) is 22.4 Å². The molecule has 2 aromatic rings. The highest BCUT2D eigenvalue weighted by molar-refractivity contribution is 6.34. The Morgan fingerprint density at radius 2 is 1.88 bits per heavy atom. The van der Waals surface area contributed by atoms with Crippen molar-refractivity contribution in [2.75, 3.05) is 20.2 Å². The second-order valence-corrected chi connectivity index (χ2v) is 9.15. The highest BCUT2D eigenvalue weighted by Gasteiger charge is 2.38. The number of amides is 1. The van der Waals surface area contributed by atoms with Crippen molar-refractivity contribution in [1.82, 2.24) is 14.7 Å². The predicted octanol–water partition coefficient (Wildman–Crippen LogP) is 4.40. The summed E-state index contributed by atoms with van der Waals surface area (Å²) in [6.45, 7) is 7.25. The third-order valence-electron chi connectivity index (χ3n) is 6.78. The number of carbonyl (C=O) groups excluding carboxylic acids is 2. The number of likely N-dealkylation sites (tertiary alicyclic amines) is 1. The minimum absolute atomic E-state index is 0.118. The van der Waals surface area contributed by atoms with Crippen LogP contribution < -0.4 is 0 Å². The maximum absolute atomic E-state index is 13.6. The highest BCUT2D eigenvalue weighted by Crippen LogP contribution is 2.43. The molecule has 0 spiro atoms. The summed E-state index contributed by atoms with van der Waals surface area (Å²) in [6, 6.07) is 5.68. The fourth-order valence-electron chi connectivity index (χ4n) is 4.81. The van der Waals surface area contributed by atoms with Crippen LogP contribution in [0.15, 0.2) is 18.2 Å². The Morgan fingerprint density at radius 3 is 2.53 bits per heavy atom. The molecular weight excluding hydrogens is 426 g/mol. The third kappa shape index (κ3) is 4.11. The second-order valence-electron chi connectivity index (χ2n) is 8.75. The van der Waals surface area contributed by atoms with E-state index in [1.165, 1.54) is 4.68 Å². The van der Waals surface area contributed by atoms with Gasteiger partial charge in [-0.15, -0.1) is 0 Å². The monoisotopic (exact) mass is 457 g/mol. The number of halogens is 1. The van der Waals surface area contributed by atoms with Crippen LogP contribution >= 0.6 is 11.6 Å². The van der Waals surface area contributed by atoms with E-state index >= 15 is 0 Å². The van der Waals surface area contributed by atoms with E-state index in [1.807, 2.05) is 37.8 Å². The molecular formula is C25H32ClN3O3. The summed E-state index contributed by atoms with van der Waals surface area (Å²) >= 11 is 6.48. The number of nitrogens with zero attached hydrogens (tertiary/aromatic N) is 3. The molecule has 3 aliphatic rings. The Balaban J connectivity index is 0.00000119. The number of hydrogen-bond acceptors (Lipinski definition) is 4. The average Bonchev–Trinajstić information content (AvgIpc) is 3.57. The van der Waals surface area contributed by atoms with Crippen LogP contribution in [0.4, 0.5) is 0 Å². The summed E-state index contributed by atoms with van der Waals surface area (Å²) in [6.07, 6.45) is 4.42. The van der Waals surface area contributed by atoms with Crippen LogP contribution in [-0.4, -0.2) is 52.8 Å². The topological polar surface area (TPSA) is 64.4 Å². The summed E-state index contributed by atoms with van der Waals surface area (Å²) in [5.41, 5.74) is 4.42. The number of rotatable bonds is 4. The van der Waals surface area contributed by atoms with Gasteiger partial charge in [0.25, 0.3) is 5.91 Å². The van der Waals surface area contributed by atoms with Crippen molar-refractivity contribution in [3.8, 4) is 0 Å². The number of ether oxygens (including phenoxy) is 1. The summed E-state index contributed by atoms with van der Waals surface area (Å²) in [7, 11) is 1.68. The predicted molar refractivity (Wildman–Crippen MR) is 124 cm³/mol. The van der Waals surface area contributed by atoms with Gasteiger partial charge in [-0.25, -0.2) is 4.68 Å². The maximum atomic E-state index is 13.6. The van der Waals surface area contributed by atoms with Gasteiger partial charge in [0.15, 0.2) is 0 Å². The van der Waals surface area contributed by atoms with Gasteiger partial charge in [0.2, 0.25) is 5.91 Å². The van der Waals surface area contributed by atoms with Crippen LogP contribution in [0.5, 0.6) is 0 Å². The number of aryl methyl sites for hydroxylation is 1. The molecule has 0 N–H and O–H groups in total. The zero-order chi connectivity index (χ0) is 23.0. The van der Waals surface area contributed by atoms with Crippen LogP contribution in [0.3, 0.4) is 0 Å². The summed E-state index contributed by atoms with van der Waals surface area (Å²) in [5, 5.41) is 5.07. The van der Waals surface area contributed by atoms with Crippen LogP contribution in [0, 0.1) is 12.8 Å². The van der Waals surface area contributed by atoms with E-state index in [-0.39, 0.29) is 23.8 Å². The number of hydrogen-bond donors (Lipinski definition) is 0. The minimum Gasteiger partial charge on any atom is -0.378 e. The van der Waals surface area contributed by atoms with Gasteiger partial charge in [0.1, 0.15) is 0 Å². The Bertz CT molecular complexity index is 1020. The van der Waals surface area contributed by atoms with Gasteiger partial charge in [-0.3, -0.25) is 9.59 Å². The number of carbonyl (C=O) groups is 2. The molecule has 1 aliphatic heterocycles. The van der Waals surface area contributed by atoms with Gasteiger partial charge >= 0.3 is 0 Å². The first-order valence-electron chi connectivity index (χ1n) is 11.7. The fourth-order valence-corrected chi connectivity index (χ4v) is 5.07. The Kier molecular flexibility index (Phi) is 6.72. The molecule has 2 fully saturated rings. The number of fused-ring (bicyclic) bond motifs is 1. The first kappa shape index (κ1) is 23.0. The number of benzene rings is 1. The van der Waals surface area contributed by atoms with E-state index in [9.17, 15) is 9.59 Å². The zero-order valence-corrected chi connectivity index (χ0v) is 20.1. The van der Waals surface area contributed by atoms with E-state index in [0.29, 0.717) is 36.0 Å². The largest absolute Gasteiger partial charge is 0.378 e. The van der Waals surface area contributed by atoms with Crippen molar-refractivity contribution < 1.29 is 14.3 Å². The van der Waals surface area contributed by atoms with E-state index in [0.717, 1.165) is 48.2 Å². The lowest BCUT2D eigenvalue weighted by atomic mass is 9.85. The van der Waals surface area contributed by atoms with Crippen molar-refractivity contribution >= 4 is 23.4 Å². The molecule has 1 aromatic carbocycles. The molecule has 2 aliphatic carbocycles. The fraction of sp³-hybridized carbons (Fsp3) is 0.560. The van der Waals surface area contributed by atoms with Crippen LogP contribution in [0.25, 0.3) is 0 Å². The summed E-state index contributed by atoms with van der Waals surface area (Å²) in [4.78, 5) is 28.4. The van der Waals surface area contributed by atoms with Gasteiger partial charge in [-0.1, -0.05) is 37.6 Å². The van der Waals surface area contributed by atoms with Gasteiger partial charge in [0.05, 0.1) is 28.1 Å². The molecule has 7 heteroatoms. The van der Waals surface area contributed by atoms with E-state index in [4.69, 9.17) is 16.3 Å². The standard InChI is InChI=1S/C23H26ClN3O3.C2H6/c1-13-17-9-8-15(22(28)26-11-16(12-26)30-2)10-20(17)27(25-13)23(29)21-18(14-6-7-14)4-3-5-19(21)24;1-2/h3-5,14-16H,6-12H2,1-2H3;1-2H3. The Labute approximate surface area is 194 Å². The second kappa shape index (κ2) is 9.36. The van der Waals surface area contributed by atoms with Crippen molar-refractivity contribution in [1.29, 1.82) is 0 Å². The highest BCUT2D eigenvalue weighted by atomic mass is 35.5. The first-order chi connectivity index (χ1) is 15.5. The van der Waals surface area contributed by atoms with Crippen molar-refractivity contribution in [3.05, 3.63) is 51.3 Å². The molecule has 2 heterocycles. The SMILES string of the molecule is CC.COC1CN(C(=O)C2CCc3c(C)nn(C(=O)c4c(Cl)cccc4C4CC4)c3C2)C1. The molecule has 1 aromatic heterocycles. The molecule has 1 saturated carbocycles. The molecule has 172 valence electrons. The summed E-state index contributed by atoms with van der Waals surface area (Å²) in [5.74, 6) is 0.267. The van der Waals surface area contributed by atoms with Gasteiger partial charge in [-0.2, -0.15) is 5.10 Å². The number of aromatic nitrogens is 2. The molecule has 0 bridgehead atoms. The van der Waals surface area contributed by atoms with Gasteiger partial charge < -0.3 is 9.64 Å². The van der Waals surface area contributed by atoms with Crippen LogP contribution in [0.1, 0.15) is 71.9 Å². The lowest BCUT2D eigenvalue weighted by molar-refractivity contribution is -0.147. The summed E-state index contributed by atoms with van der Waals surface area (Å²) < 4.78 is 6.81.